The Bertz CT molecular complexity index is 456. The Labute approximate surface area is 128 Å². The molecule has 4 heteroatoms. The molecular formula is C17H28N2O2. The predicted molar refractivity (Wildman–Crippen MR) is 86.4 cm³/mol. The van der Waals surface area contributed by atoms with E-state index in [9.17, 15) is 4.79 Å². The van der Waals surface area contributed by atoms with Gasteiger partial charge in [0, 0.05) is 18.1 Å². The van der Waals surface area contributed by atoms with E-state index in [-0.39, 0.29) is 18.1 Å². The molecule has 0 fully saturated rings. The van der Waals surface area contributed by atoms with Gasteiger partial charge in [0.05, 0.1) is 0 Å². The number of nitrogens with one attached hydrogen (secondary N) is 2. The fourth-order valence-electron chi connectivity index (χ4n) is 1.72. The molecule has 2 N–H and O–H groups in total. The van der Waals surface area contributed by atoms with Gasteiger partial charge in [-0.3, -0.25) is 4.79 Å². The van der Waals surface area contributed by atoms with Crippen molar-refractivity contribution in [2.24, 2.45) is 0 Å². The van der Waals surface area contributed by atoms with Crippen LogP contribution in [0.3, 0.4) is 0 Å². The van der Waals surface area contributed by atoms with E-state index in [0.717, 1.165) is 24.3 Å². The number of carbonyl (C=O) groups is 1. The summed E-state index contributed by atoms with van der Waals surface area (Å²) in [7, 11) is 0. The van der Waals surface area contributed by atoms with Crippen LogP contribution in [-0.2, 0) is 11.3 Å². The molecule has 0 aliphatic carbocycles. The summed E-state index contributed by atoms with van der Waals surface area (Å²) >= 11 is 0. The van der Waals surface area contributed by atoms with Crippen LogP contribution in [0, 0.1) is 0 Å². The Morgan fingerprint density at radius 1 is 1.33 bits per heavy atom. The molecule has 118 valence electrons. The summed E-state index contributed by atoms with van der Waals surface area (Å²) < 4.78 is 5.57. The van der Waals surface area contributed by atoms with Gasteiger partial charge in [-0.05, 0) is 38.0 Å². The van der Waals surface area contributed by atoms with Crippen LogP contribution < -0.4 is 15.4 Å². The molecule has 1 amide bonds. The Balaban J connectivity index is 2.48. The van der Waals surface area contributed by atoms with Crippen LogP contribution in [0.1, 0.15) is 46.6 Å². The van der Waals surface area contributed by atoms with E-state index >= 15 is 0 Å². The van der Waals surface area contributed by atoms with E-state index < -0.39 is 0 Å². The predicted octanol–water partition coefficient (Wildman–Crippen LogP) is 2.87. The second-order valence-electron chi connectivity index (χ2n) is 6.26. The van der Waals surface area contributed by atoms with E-state index in [4.69, 9.17) is 4.74 Å². The van der Waals surface area contributed by atoms with E-state index in [1.165, 1.54) is 0 Å². The topological polar surface area (TPSA) is 50.4 Å². The third-order valence-corrected chi connectivity index (χ3v) is 3.34. The van der Waals surface area contributed by atoms with Crippen molar-refractivity contribution in [1.29, 1.82) is 0 Å². The summed E-state index contributed by atoms with van der Waals surface area (Å²) in [6, 6.07) is 8.27. The highest BCUT2D eigenvalue weighted by Gasteiger charge is 2.17. The maximum Gasteiger partial charge on any atom is 0.258 e. The first-order valence-electron chi connectivity index (χ1n) is 7.58. The van der Waals surface area contributed by atoms with Crippen LogP contribution in [0.25, 0.3) is 0 Å². The van der Waals surface area contributed by atoms with Crippen molar-refractivity contribution in [3.8, 4) is 5.75 Å². The highest BCUT2D eigenvalue weighted by atomic mass is 16.5. The van der Waals surface area contributed by atoms with Crippen LogP contribution in [0.5, 0.6) is 5.75 Å². The lowest BCUT2D eigenvalue weighted by molar-refractivity contribution is -0.124. The number of carbonyl (C=O) groups excluding carboxylic acids is 1. The molecule has 0 bridgehead atoms. The standard InChI is InChI=1S/C17H28N2O2/c1-6-17(4,5)19-16(20)12-21-15-9-7-8-14(10-15)11-18-13(2)3/h7-10,13,18H,6,11-12H2,1-5H3,(H,19,20). The smallest absolute Gasteiger partial charge is 0.258 e. The van der Waals surface area contributed by atoms with Crippen molar-refractivity contribution in [1.82, 2.24) is 10.6 Å². The molecule has 0 heterocycles. The van der Waals surface area contributed by atoms with E-state index in [1.807, 2.05) is 45.0 Å². The van der Waals surface area contributed by atoms with E-state index in [2.05, 4.69) is 24.5 Å². The van der Waals surface area contributed by atoms with Crippen molar-refractivity contribution < 1.29 is 9.53 Å². The number of benzene rings is 1. The van der Waals surface area contributed by atoms with Crippen molar-refractivity contribution in [3.05, 3.63) is 29.8 Å². The maximum absolute atomic E-state index is 11.8. The summed E-state index contributed by atoms with van der Waals surface area (Å²) in [4.78, 5) is 11.8. The largest absolute Gasteiger partial charge is 0.484 e. The molecule has 1 aromatic carbocycles. The molecule has 0 atom stereocenters. The van der Waals surface area contributed by atoms with Gasteiger partial charge >= 0.3 is 0 Å². The lowest BCUT2D eigenvalue weighted by atomic mass is 10.0. The summed E-state index contributed by atoms with van der Waals surface area (Å²) in [6.45, 7) is 11.1. The summed E-state index contributed by atoms with van der Waals surface area (Å²) in [5.74, 6) is 0.634. The van der Waals surface area contributed by atoms with Crippen LogP contribution >= 0.6 is 0 Å². The Kier molecular flexibility index (Phi) is 6.69. The van der Waals surface area contributed by atoms with Crippen molar-refractivity contribution in [2.75, 3.05) is 6.61 Å². The number of hydrogen-bond donors (Lipinski definition) is 2. The first-order valence-corrected chi connectivity index (χ1v) is 7.58. The fourth-order valence-corrected chi connectivity index (χ4v) is 1.72. The number of amides is 1. The quantitative estimate of drug-likeness (QED) is 0.774. The molecule has 0 aliphatic heterocycles. The van der Waals surface area contributed by atoms with Crippen LogP contribution in [0.15, 0.2) is 24.3 Å². The minimum Gasteiger partial charge on any atom is -0.484 e. The van der Waals surface area contributed by atoms with Gasteiger partial charge in [0.2, 0.25) is 0 Å². The summed E-state index contributed by atoms with van der Waals surface area (Å²) in [5, 5.41) is 6.31. The first-order chi connectivity index (χ1) is 9.82. The Hall–Kier alpha value is -1.55. The molecule has 1 aromatic rings. The van der Waals surface area contributed by atoms with Gasteiger partial charge in [0.25, 0.3) is 5.91 Å². The van der Waals surface area contributed by atoms with Gasteiger partial charge in [0.15, 0.2) is 6.61 Å². The maximum atomic E-state index is 11.8. The van der Waals surface area contributed by atoms with Gasteiger partial charge in [-0.1, -0.05) is 32.9 Å². The second kappa shape index (κ2) is 8.03. The van der Waals surface area contributed by atoms with Gasteiger partial charge < -0.3 is 15.4 Å². The highest BCUT2D eigenvalue weighted by molar-refractivity contribution is 5.78. The third-order valence-electron chi connectivity index (χ3n) is 3.34. The van der Waals surface area contributed by atoms with Crippen molar-refractivity contribution >= 4 is 5.91 Å². The lowest BCUT2D eigenvalue weighted by Crippen LogP contribution is -2.44. The monoisotopic (exact) mass is 292 g/mol. The normalized spacial score (nSPS) is 11.5. The summed E-state index contributed by atoms with van der Waals surface area (Å²) in [6.07, 6.45) is 0.884. The molecule has 0 spiro atoms. The molecule has 1 rings (SSSR count). The van der Waals surface area contributed by atoms with Crippen molar-refractivity contribution in [2.45, 2.75) is 59.2 Å². The molecule has 0 saturated carbocycles. The molecule has 0 unspecified atom stereocenters. The van der Waals surface area contributed by atoms with Crippen LogP contribution in [0.4, 0.5) is 0 Å². The van der Waals surface area contributed by atoms with Gasteiger partial charge in [-0.2, -0.15) is 0 Å². The molecule has 0 aliphatic rings. The van der Waals surface area contributed by atoms with E-state index in [1.54, 1.807) is 0 Å². The minimum absolute atomic E-state index is 0.0461. The molecule has 4 nitrogen and oxygen atoms in total. The Morgan fingerprint density at radius 2 is 2.05 bits per heavy atom. The zero-order valence-corrected chi connectivity index (χ0v) is 13.8. The summed E-state index contributed by atoms with van der Waals surface area (Å²) in [5.41, 5.74) is 0.958. The SMILES string of the molecule is CCC(C)(C)NC(=O)COc1cccc(CNC(C)C)c1. The third kappa shape index (κ3) is 7.14. The van der Waals surface area contributed by atoms with E-state index in [0.29, 0.717) is 6.04 Å². The average molecular weight is 292 g/mol. The Morgan fingerprint density at radius 3 is 2.67 bits per heavy atom. The second-order valence-corrected chi connectivity index (χ2v) is 6.26. The van der Waals surface area contributed by atoms with Gasteiger partial charge in [-0.15, -0.1) is 0 Å². The molecule has 0 saturated heterocycles. The van der Waals surface area contributed by atoms with Gasteiger partial charge in [-0.25, -0.2) is 0 Å². The molecule has 21 heavy (non-hydrogen) atoms. The highest BCUT2D eigenvalue weighted by Crippen LogP contribution is 2.13. The number of ether oxygens (including phenoxy) is 1. The van der Waals surface area contributed by atoms with Crippen LogP contribution in [0.2, 0.25) is 0 Å². The van der Waals surface area contributed by atoms with Crippen molar-refractivity contribution in [3.63, 3.8) is 0 Å². The minimum atomic E-state index is -0.191. The first kappa shape index (κ1) is 17.5. The fraction of sp³-hybridized carbons (Fsp3) is 0.588. The van der Waals surface area contributed by atoms with Crippen LogP contribution in [-0.4, -0.2) is 24.1 Å². The number of rotatable bonds is 8. The number of hydrogen-bond acceptors (Lipinski definition) is 3. The zero-order chi connectivity index (χ0) is 15.9. The lowest BCUT2D eigenvalue weighted by Gasteiger charge is -2.24. The zero-order valence-electron chi connectivity index (χ0n) is 13.8. The molecule has 0 aromatic heterocycles. The molecule has 0 radical (unpaired) electrons. The molecular weight excluding hydrogens is 264 g/mol. The average Bonchev–Trinajstić information content (AvgIpc) is 2.43. The van der Waals surface area contributed by atoms with Gasteiger partial charge in [0.1, 0.15) is 5.75 Å².